The summed E-state index contributed by atoms with van der Waals surface area (Å²) in [5.41, 5.74) is 0.723. The van der Waals surface area contributed by atoms with Crippen molar-refractivity contribution in [3.05, 3.63) is 18.2 Å². The topological polar surface area (TPSA) is 98.8 Å². The normalized spacial score (nSPS) is 25.1. The first kappa shape index (κ1) is 19.4. The predicted molar refractivity (Wildman–Crippen MR) is 105 cm³/mol. The average Bonchev–Trinajstić information content (AvgIpc) is 3.20. The molecule has 1 aromatic carbocycles. The molecule has 0 spiro atoms. The number of sulfonamides is 1. The number of carbonyl (C=O) groups excluding carboxylic acids is 2. The largest absolute Gasteiger partial charge is 0.324 e. The lowest BCUT2D eigenvalue weighted by Gasteiger charge is -2.37. The molecule has 0 bridgehead atoms. The van der Waals surface area contributed by atoms with Gasteiger partial charge in [0.25, 0.3) is 0 Å². The highest BCUT2D eigenvalue weighted by Crippen LogP contribution is 2.31. The fraction of sp³-hybridized carbons (Fsp3) is 0.579. The zero-order chi connectivity index (χ0) is 19.9. The Bertz CT molecular complexity index is 887. The van der Waals surface area contributed by atoms with Gasteiger partial charge >= 0.3 is 0 Å². The molecule has 2 amide bonds. The highest BCUT2D eigenvalue weighted by atomic mass is 32.2. The van der Waals surface area contributed by atoms with Crippen LogP contribution >= 0.6 is 0 Å². The van der Waals surface area contributed by atoms with Gasteiger partial charge < -0.3 is 10.6 Å². The molecule has 9 heteroatoms. The lowest BCUT2D eigenvalue weighted by molar-refractivity contribution is -0.128. The molecule has 152 valence electrons. The van der Waals surface area contributed by atoms with E-state index in [0.29, 0.717) is 30.5 Å². The van der Waals surface area contributed by atoms with Gasteiger partial charge in [0.15, 0.2) is 0 Å². The minimum absolute atomic E-state index is 0.129. The van der Waals surface area contributed by atoms with Crippen LogP contribution in [0.3, 0.4) is 0 Å². The number of carbonyl (C=O) groups is 2. The maximum absolute atomic E-state index is 13.1. The lowest BCUT2D eigenvalue weighted by atomic mass is 10.1. The second kappa shape index (κ2) is 7.46. The van der Waals surface area contributed by atoms with E-state index in [1.807, 2.05) is 0 Å². The Morgan fingerprint density at radius 2 is 1.54 bits per heavy atom. The first-order valence-electron chi connectivity index (χ1n) is 9.86. The molecule has 2 N–H and O–H groups in total. The Morgan fingerprint density at radius 1 is 0.929 bits per heavy atom. The Balaban J connectivity index is 1.52. The third-order valence-corrected chi connectivity index (χ3v) is 7.94. The monoisotopic (exact) mass is 406 g/mol. The minimum Gasteiger partial charge on any atom is -0.324 e. The van der Waals surface area contributed by atoms with Gasteiger partial charge in [-0.2, -0.15) is 4.31 Å². The molecule has 2 heterocycles. The summed E-state index contributed by atoms with van der Waals surface area (Å²) in [5.74, 6) is -1.69. The Labute approximate surface area is 165 Å². The van der Waals surface area contributed by atoms with E-state index in [-0.39, 0.29) is 4.90 Å². The summed E-state index contributed by atoms with van der Waals surface area (Å²) in [6.45, 7) is 3.95. The minimum atomic E-state index is -3.66. The van der Waals surface area contributed by atoms with Crippen LogP contribution in [0.2, 0.25) is 0 Å². The molecule has 1 aromatic rings. The second-order valence-corrected chi connectivity index (χ2v) is 9.72. The number of piperazine rings is 1. The first-order valence-corrected chi connectivity index (χ1v) is 11.3. The summed E-state index contributed by atoms with van der Waals surface area (Å²) in [5, 5.41) is 5.31. The molecule has 1 atom stereocenters. The summed E-state index contributed by atoms with van der Waals surface area (Å²) in [6.07, 6.45) is 4.95. The van der Waals surface area contributed by atoms with Crippen molar-refractivity contribution in [2.45, 2.75) is 43.5 Å². The van der Waals surface area contributed by atoms with Crippen LogP contribution in [0.5, 0.6) is 0 Å². The number of nitrogens with zero attached hydrogens (tertiary/aromatic N) is 2. The van der Waals surface area contributed by atoms with Gasteiger partial charge in [0.2, 0.25) is 21.8 Å². The molecule has 2 fully saturated rings. The number of anilines is 2. The molecule has 0 aromatic heterocycles. The van der Waals surface area contributed by atoms with Gasteiger partial charge in [-0.15, -0.1) is 0 Å². The Morgan fingerprint density at radius 3 is 2.18 bits per heavy atom. The van der Waals surface area contributed by atoms with Crippen molar-refractivity contribution >= 4 is 33.2 Å². The third-order valence-electron chi connectivity index (χ3n) is 6.05. The molecule has 1 aliphatic carbocycles. The van der Waals surface area contributed by atoms with Gasteiger partial charge in [-0.05, 0) is 38.0 Å². The number of fused-ring (bicyclic) bond motifs is 1. The van der Waals surface area contributed by atoms with E-state index in [4.69, 9.17) is 0 Å². The van der Waals surface area contributed by atoms with Crippen molar-refractivity contribution < 1.29 is 18.0 Å². The summed E-state index contributed by atoms with van der Waals surface area (Å²) >= 11 is 0. The first-order chi connectivity index (χ1) is 13.4. The zero-order valence-corrected chi connectivity index (χ0v) is 16.8. The SMILES string of the molecule is CC1C(=O)Nc2ccc(S(=O)(=O)N3CCN(C4CCCC4)CC3)cc2NC1=O. The quantitative estimate of drug-likeness (QED) is 0.741. The maximum atomic E-state index is 13.1. The van der Waals surface area contributed by atoms with Gasteiger partial charge in [-0.1, -0.05) is 12.8 Å². The number of hydrogen-bond donors (Lipinski definition) is 2. The van der Waals surface area contributed by atoms with Crippen molar-refractivity contribution in [3.63, 3.8) is 0 Å². The number of rotatable bonds is 3. The number of nitrogens with one attached hydrogen (secondary N) is 2. The van der Waals surface area contributed by atoms with Crippen molar-refractivity contribution in [1.82, 2.24) is 9.21 Å². The molecule has 8 nitrogen and oxygen atoms in total. The van der Waals surface area contributed by atoms with Gasteiger partial charge in [0.1, 0.15) is 5.92 Å². The summed E-state index contributed by atoms with van der Waals surface area (Å²) in [4.78, 5) is 26.6. The van der Waals surface area contributed by atoms with E-state index >= 15 is 0 Å². The highest BCUT2D eigenvalue weighted by molar-refractivity contribution is 7.89. The van der Waals surface area contributed by atoms with Crippen molar-refractivity contribution in [3.8, 4) is 0 Å². The van der Waals surface area contributed by atoms with E-state index in [2.05, 4.69) is 15.5 Å². The van der Waals surface area contributed by atoms with Crippen LogP contribution in [0.25, 0.3) is 0 Å². The molecule has 1 saturated heterocycles. The van der Waals surface area contributed by atoms with Crippen LogP contribution in [-0.4, -0.2) is 61.7 Å². The van der Waals surface area contributed by atoms with Gasteiger partial charge in [0.05, 0.1) is 16.3 Å². The van der Waals surface area contributed by atoms with E-state index in [1.165, 1.54) is 55.1 Å². The fourth-order valence-electron chi connectivity index (χ4n) is 4.22. The van der Waals surface area contributed by atoms with Gasteiger partial charge in [0, 0.05) is 32.2 Å². The summed E-state index contributed by atoms with van der Waals surface area (Å²) in [7, 11) is -3.66. The Kier molecular flexibility index (Phi) is 5.15. The van der Waals surface area contributed by atoms with Crippen LogP contribution in [0.4, 0.5) is 11.4 Å². The molecular weight excluding hydrogens is 380 g/mol. The van der Waals surface area contributed by atoms with Crippen LogP contribution in [0.15, 0.2) is 23.1 Å². The smallest absolute Gasteiger partial charge is 0.243 e. The van der Waals surface area contributed by atoms with Gasteiger partial charge in [-0.25, -0.2) is 8.42 Å². The van der Waals surface area contributed by atoms with Crippen molar-refractivity contribution in [2.75, 3.05) is 36.8 Å². The standard InChI is InChI=1S/C19H26N4O4S/c1-13-18(24)20-16-7-6-15(12-17(16)21-19(13)25)28(26,27)23-10-8-22(9-11-23)14-4-2-3-5-14/h6-7,12-14H,2-5,8-11H2,1H3,(H,20,24)(H,21,25). The van der Waals surface area contributed by atoms with Crippen LogP contribution in [-0.2, 0) is 19.6 Å². The number of amides is 2. The van der Waals surface area contributed by atoms with E-state index in [9.17, 15) is 18.0 Å². The molecular formula is C19H26N4O4S. The van der Waals surface area contributed by atoms with Crippen LogP contribution in [0, 0.1) is 5.92 Å². The van der Waals surface area contributed by atoms with E-state index < -0.39 is 27.8 Å². The average molecular weight is 407 g/mol. The van der Waals surface area contributed by atoms with Crippen LogP contribution < -0.4 is 10.6 Å². The van der Waals surface area contributed by atoms with Crippen molar-refractivity contribution in [2.24, 2.45) is 5.92 Å². The molecule has 4 rings (SSSR count). The zero-order valence-electron chi connectivity index (χ0n) is 16.0. The summed E-state index contributed by atoms with van der Waals surface area (Å²) < 4.78 is 27.7. The highest BCUT2D eigenvalue weighted by Gasteiger charge is 2.33. The fourth-order valence-corrected chi connectivity index (χ4v) is 5.67. The predicted octanol–water partition coefficient (Wildman–Crippen LogP) is 1.46. The molecule has 1 unspecified atom stereocenters. The third kappa shape index (κ3) is 3.54. The number of hydrogen-bond acceptors (Lipinski definition) is 5. The Hall–Kier alpha value is -1.97. The summed E-state index contributed by atoms with van der Waals surface area (Å²) in [6, 6.07) is 5.05. The molecule has 0 radical (unpaired) electrons. The van der Waals surface area contributed by atoms with Gasteiger partial charge in [-0.3, -0.25) is 14.5 Å². The van der Waals surface area contributed by atoms with Crippen molar-refractivity contribution in [1.29, 1.82) is 0 Å². The van der Waals surface area contributed by atoms with Crippen LogP contribution in [0.1, 0.15) is 32.6 Å². The lowest BCUT2D eigenvalue weighted by Crippen LogP contribution is -2.51. The van der Waals surface area contributed by atoms with E-state index in [0.717, 1.165) is 13.1 Å². The number of benzene rings is 1. The molecule has 2 aliphatic heterocycles. The molecule has 3 aliphatic rings. The molecule has 28 heavy (non-hydrogen) atoms. The molecule has 1 saturated carbocycles. The maximum Gasteiger partial charge on any atom is 0.243 e. The van der Waals surface area contributed by atoms with E-state index in [1.54, 1.807) is 0 Å². The second-order valence-electron chi connectivity index (χ2n) is 7.79.